The van der Waals surface area contributed by atoms with Crippen molar-refractivity contribution in [2.75, 3.05) is 0 Å². The number of rotatable bonds is 6. The van der Waals surface area contributed by atoms with Crippen molar-refractivity contribution in [1.29, 1.82) is 0 Å². The van der Waals surface area contributed by atoms with Gasteiger partial charge in [-0.3, -0.25) is 0 Å². The molecule has 0 aromatic heterocycles. The first-order chi connectivity index (χ1) is 6.25. The van der Waals surface area contributed by atoms with Gasteiger partial charge >= 0.3 is 0 Å². The fourth-order valence-corrected chi connectivity index (χ4v) is 1.52. The van der Waals surface area contributed by atoms with Crippen molar-refractivity contribution in [3.63, 3.8) is 0 Å². The van der Waals surface area contributed by atoms with Gasteiger partial charge in [0, 0.05) is 11.7 Å². The summed E-state index contributed by atoms with van der Waals surface area (Å²) in [5, 5.41) is 0.433. The van der Waals surface area contributed by atoms with Gasteiger partial charge in [-0.15, -0.1) is 0 Å². The monoisotopic (exact) mass is 222 g/mol. The summed E-state index contributed by atoms with van der Waals surface area (Å²) in [5.41, 5.74) is -1.13. The van der Waals surface area contributed by atoms with Crippen LogP contribution in [0.3, 0.4) is 0 Å². The van der Waals surface area contributed by atoms with Gasteiger partial charge in [0.2, 0.25) is 0 Å². The Morgan fingerprint density at radius 1 is 1.21 bits per heavy atom. The van der Waals surface area contributed by atoms with Gasteiger partial charge in [-0.25, -0.2) is 4.39 Å². The Balaban J connectivity index is 3.87. The minimum absolute atomic E-state index is 0.0280. The van der Waals surface area contributed by atoms with E-state index in [0.717, 1.165) is 0 Å². The largest absolute Gasteiger partial charge is 0.312 e. The van der Waals surface area contributed by atoms with Gasteiger partial charge in [0.1, 0.15) is 5.67 Å². The molecular weight excluding hydrogens is 199 g/mol. The molecule has 0 aliphatic carbocycles. The average molecular weight is 222 g/mol. The topological polar surface area (TPSA) is 9.23 Å². The predicted octanol–water partition coefficient (Wildman–Crippen LogP) is 4.22. The van der Waals surface area contributed by atoms with E-state index in [0.29, 0.717) is 11.7 Å². The Labute approximate surface area is 92.0 Å². The van der Waals surface area contributed by atoms with Crippen LogP contribution in [0.5, 0.6) is 0 Å². The molecule has 14 heavy (non-hydrogen) atoms. The lowest BCUT2D eigenvalue weighted by atomic mass is 9.89. The van der Waals surface area contributed by atoms with E-state index in [2.05, 4.69) is 13.8 Å². The van der Waals surface area contributed by atoms with Crippen LogP contribution in [0.25, 0.3) is 0 Å². The van der Waals surface area contributed by atoms with Crippen LogP contribution in [-0.4, -0.2) is 17.0 Å². The molecule has 0 fully saturated rings. The van der Waals surface area contributed by atoms with E-state index in [1.165, 1.54) is 12.0 Å². The maximum absolute atomic E-state index is 13.9. The summed E-state index contributed by atoms with van der Waals surface area (Å²) in [6, 6.07) is 0. The molecule has 2 unspecified atom stereocenters. The molecule has 0 rings (SSSR count). The Hall–Kier alpha value is 0.240. The van der Waals surface area contributed by atoms with Gasteiger partial charge < -0.3 is 4.18 Å². The number of hydrogen-bond donors (Lipinski definition) is 0. The highest BCUT2D eigenvalue weighted by atomic mass is 32.2. The molecule has 0 aliphatic rings. The number of alkyl halides is 1. The van der Waals surface area contributed by atoms with E-state index in [1.54, 1.807) is 6.92 Å². The van der Waals surface area contributed by atoms with Crippen molar-refractivity contribution in [3.05, 3.63) is 0 Å². The lowest BCUT2D eigenvalue weighted by Gasteiger charge is -2.27. The van der Waals surface area contributed by atoms with Crippen molar-refractivity contribution in [1.82, 2.24) is 0 Å². The van der Waals surface area contributed by atoms with E-state index >= 15 is 0 Å². The van der Waals surface area contributed by atoms with E-state index in [1.807, 2.05) is 20.8 Å². The molecule has 0 saturated carbocycles. The molecule has 1 nitrogen and oxygen atoms in total. The molecule has 0 spiro atoms. The number of halogens is 1. The third-order valence-corrected chi connectivity index (χ3v) is 3.13. The van der Waals surface area contributed by atoms with E-state index in [9.17, 15) is 4.39 Å². The lowest BCUT2D eigenvalue weighted by molar-refractivity contribution is 0.0671. The molecule has 0 radical (unpaired) electrons. The number of hydrogen-bond acceptors (Lipinski definition) is 2. The maximum Gasteiger partial charge on any atom is 0.113 e. The summed E-state index contributed by atoms with van der Waals surface area (Å²) >= 11 is 1.43. The summed E-state index contributed by atoms with van der Waals surface area (Å²) in [6.45, 7) is 11.5. The van der Waals surface area contributed by atoms with Crippen LogP contribution in [0.1, 0.15) is 48.0 Å². The summed E-state index contributed by atoms with van der Waals surface area (Å²) in [6.07, 6.45) is 0.435. The molecule has 0 bridgehead atoms. The zero-order valence-electron chi connectivity index (χ0n) is 10.1. The standard InChI is InChI=1S/C11H23FOS/c1-8(2)11(6,12)7-10(5)13-14-9(3)4/h8-10H,7H2,1-6H3. The molecule has 0 aromatic carbocycles. The van der Waals surface area contributed by atoms with Gasteiger partial charge in [0.15, 0.2) is 0 Å². The molecule has 2 atom stereocenters. The third-order valence-electron chi connectivity index (χ3n) is 2.30. The summed E-state index contributed by atoms with van der Waals surface area (Å²) in [4.78, 5) is 0. The van der Waals surface area contributed by atoms with Crippen molar-refractivity contribution in [3.8, 4) is 0 Å². The van der Waals surface area contributed by atoms with Crippen molar-refractivity contribution >= 4 is 12.0 Å². The van der Waals surface area contributed by atoms with Crippen molar-refractivity contribution in [2.24, 2.45) is 5.92 Å². The highest BCUT2D eigenvalue weighted by Crippen LogP contribution is 2.29. The third kappa shape index (κ3) is 5.86. The SMILES string of the molecule is CC(CC(C)(F)C(C)C)OSC(C)C. The average Bonchev–Trinajstić information content (AvgIpc) is 1.99. The fourth-order valence-electron chi connectivity index (χ4n) is 1.04. The van der Waals surface area contributed by atoms with Gasteiger partial charge in [0.05, 0.1) is 6.10 Å². The van der Waals surface area contributed by atoms with Crippen molar-refractivity contribution in [2.45, 2.75) is 65.0 Å². The molecule has 0 aromatic rings. The Morgan fingerprint density at radius 2 is 1.71 bits per heavy atom. The Kier molecular flexibility index (Phi) is 6.06. The van der Waals surface area contributed by atoms with Gasteiger partial charge in [-0.05, 0) is 31.8 Å². The van der Waals surface area contributed by atoms with E-state index < -0.39 is 5.67 Å². The summed E-state index contributed by atoms with van der Waals surface area (Å²) in [5.74, 6) is 0.0394. The highest BCUT2D eigenvalue weighted by Gasteiger charge is 2.30. The zero-order chi connectivity index (χ0) is 11.4. The zero-order valence-corrected chi connectivity index (χ0v) is 11.0. The molecule has 0 saturated heterocycles. The first kappa shape index (κ1) is 14.2. The van der Waals surface area contributed by atoms with Crippen LogP contribution in [0, 0.1) is 5.92 Å². The minimum atomic E-state index is -1.13. The van der Waals surface area contributed by atoms with Crippen LogP contribution in [-0.2, 0) is 4.18 Å². The lowest BCUT2D eigenvalue weighted by Crippen LogP contribution is -2.30. The molecule has 0 N–H and O–H groups in total. The minimum Gasteiger partial charge on any atom is -0.312 e. The fraction of sp³-hybridized carbons (Fsp3) is 1.00. The second-order valence-corrected chi connectivity index (χ2v) is 6.02. The predicted molar refractivity (Wildman–Crippen MR) is 62.2 cm³/mol. The molecule has 3 heteroatoms. The summed E-state index contributed by atoms with van der Waals surface area (Å²) in [7, 11) is 0. The smallest absolute Gasteiger partial charge is 0.113 e. The van der Waals surface area contributed by atoms with E-state index in [4.69, 9.17) is 4.18 Å². The van der Waals surface area contributed by atoms with Gasteiger partial charge in [-0.1, -0.05) is 27.7 Å². The van der Waals surface area contributed by atoms with Gasteiger partial charge in [0.25, 0.3) is 0 Å². The van der Waals surface area contributed by atoms with Crippen LogP contribution in [0.15, 0.2) is 0 Å². The van der Waals surface area contributed by atoms with Crippen LogP contribution < -0.4 is 0 Å². The first-order valence-electron chi connectivity index (χ1n) is 5.26. The normalized spacial score (nSPS) is 18.6. The summed E-state index contributed by atoms with van der Waals surface area (Å²) < 4.78 is 19.4. The molecule has 0 amide bonds. The highest BCUT2D eigenvalue weighted by molar-refractivity contribution is 7.95. The molecule has 86 valence electrons. The Bertz CT molecular complexity index is 157. The quantitative estimate of drug-likeness (QED) is 0.622. The van der Waals surface area contributed by atoms with Crippen LogP contribution in [0.2, 0.25) is 0 Å². The molecule has 0 aliphatic heterocycles. The second kappa shape index (κ2) is 5.96. The van der Waals surface area contributed by atoms with Gasteiger partial charge in [-0.2, -0.15) is 0 Å². The van der Waals surface area contributed by atoms with Crippen LogP contribution >= 0.6 is 12.0 Å². The molecular formula is C11H23FOS. The Morgan fingerprint density at radius 3 is 2.07 bits per heavy atom. The van der Waals surface area contributed by atoms with E-state index in [-0.39, 0.29) is 12.0 Å². The van der Waals surface area contributed by atoms with Crippen LogP contribution in [0.4, 0.5) is 4.39 Å². The maximum atomic E-state index is 13.9. The first-order valence-corrected chi connectivity index (χ1v) is 6.07. The second-order valence-electron chi connectivity index (χ2n) is 4.69. The van der Waals surface area contributed by atoms with Crippen molar-refractivity contribution < 1.29 is 8.57 Å². The molecule has 0 heterocycles.